The molecule has 0 spiro atoms. The maximum Gasteiger partial charge on any atom is 0.128 e. The summed E-state index contributed by atoms with van der Waals surface area (Å²) in [5, 5.41) is 5.90. The third-order valence-corrected chi connectivity index (χ3v) is 4.21. The predicted octanol–water partition coefficient (Wildman–Crippen LogP) is 3.37. The minimum Gasteiger partial charge on any atom is -0.487 e. The molecule has 1 fully saturated rings. The van der Waals surface area contributed by atoms with Gasteiger partial charge in [0.05, 0.1) is 0 Å². The summed E-state index contributed by atoms with van der Waals surface area (Å²) in [5.74, 6) is 0.953. The lowest BCUT2D eigenvalue weighted by Gasteiger charge is -2.43. The van der Waals surface area contributed by atoms with Crippen LogP contribution in [0.15, 0.2) is 42.5 Å². The lowest BCUT2D eigenvalue weighted by Crippen LogP contribution is -2.61. The standard InChI is InChI=1S/C18H23NO2/c1-3-11-19-15-12-17(18(15)20-2)21-16-10-6-8-13-7-4-5-9-14(13)16/h4-10,15,17-19H,3,11-12H2,1-2H3. The van der Waals surface area contributed by atoms with Crippen LogP contribution in [0.1, 0.15) is 19.8 Å². The third-order valence-electron chi connectivity index (χ3n) is 4.21. The maximum absolute atomic E-state index is 6.21. The number of hydrogen-bond donors (Lipinski definition) is 1. The van der Waals surface area contributed by atoms with E-state index < -0.39 is 0 Å². The van der Waals surface area contributed by atoms with Crippen molar-refractivity contribution in [3.8, 4) is 5.75 Å². The number of nitrogens with one attached hydrogen (secondary N) is 1. The normalized spacial score (nSPS) is 24.8. The monoisotopic (exact) mass is 285 g/mol. The van der Waals surface area contributed by atoms with Gasteiger partial charge in [0.1, 0.15) is 18.0 Å². The average Bonchev–Trinajstić information content (AvgIpc) is 2.50. The second-order valence-electron chi connectivity index (χ2n) is 5.63. The molecule has 3 heteroatoms. The summed E-state index contributed by atoms with van der Waals surface area (Å²) in [5.41, 5.74) is 0. The SMILES string of the molecule is CCCNC1CC(Oc2cccc3ccccc23)C1OC. The van der Waals surface area contributed by atoms with Crippen LogP contribution in [0.3, 0.4) is 0 Å². The Hall–Kier alpha value is -1.58. The van der Waals surface area contributed by atoms with Gasteiger partial charge in [-0.25, -0.2) is 0 Å². The Morgan fingerprint density at radius 2 is 1.95 bits per heavy atom. The van der Waals surface area contributed by atoms with Gasteiger partial charge in [-0.1, -0.05) is 43.3 Å². The molecule has 0 amide bonds. The van der Waals surface area contributed by atoms with Gasteiger partial charge in [0.15, 0.2) is 0 Å². The zero-order valence-corrected chi connectivity index (χ0v) is 12.7. The van der Waals surface area contributed by atoms with Crippen LogP contribution in [-0.4, -0.2) is 31.9 Å². The molecular formula is C18H23NO2. The molecule has 3 nitrogen and oxygen atoms in total. The van der Waals surface area contributed by atoms with Gasteiger partial charge >= 0.3 is 0 Å². The largest absolute Gasteiger partial charge is 0.487 e. The fourth-order valence-electron chi connectivity index (χ4n) is 3.00. The summed E-state index contributed by atoms with van der Waals surface area (Å²) < 4.78 is 11.8. The van der Waals surface area contributed by atoms with Crippen LogP contribution in [0.4, 0.5) is 0 Å². The molecule has 3 atom stereocenters. The predicted molar refractivity (Wildman–Crippen MR) is 85.9 cm³/mol. The van der Waals surface area contributed by atoms with Crippen molar-refractivity contribution in [2.45, 2.75) is 38.0 Å². The van der Waals surface area contributed by atoms with Gasteiger partial charge < -0.3 is 14.8 Å². The highest BCUT2D eigenvalue weighted by Gasteiger charge is 2.42. The number of rotatable bonds is 6. The highest BCUT2D eigenvalue weighted by atomic mass is 16.5. The van der Waals surface area contributed by atoms with Crippen LogP contribution in [0, 0.1) is 0 Å². The highest BCUT2D eigenvalue weighted by Crippen LogP contribution is 2.32. The van der Waals surface area contributed by atoms with Gasteiger partial charge in [-0.05, 0) is 24.4 Å². The minimum atomic E-state index is 0.134. The molecule has 0 aliphatic heterocycles. The summed E-state index contributed by atoms with van der Waals surface area (Å²) >= 11 is 0. The molecule has 21 heavy (non-hydrogen) atoms. The number of benzene rings is 2. The van der Waals surface area contributed by atoms with E-state index >= 15 is 0 Å². The van der Waals surface area contributed by atoms with Crippen molar-refractivity contribution < 1.29 is 9.47 Å². The highest BCUT2D eigenvalue weighted by molar-refractivity contribution is 5.88. The first-order valence-electron chi connectivity index (χ1n) is 7.74. The van der Waals surface area contributed by atoms with E-state index in [4.69, 9.17) is 9.47 Å². The average molecular weight is 285 g/mol. The minimum absolute atomic E-state index is 0.134. The van der Waals surface area contributed by atoms with Crippen molar-refractivity contribution in [2.24, 2.45) is 0 Å². The fraction of sp³-hybridized carbons (Fsp3) is 0.444. The van der Waals surface area contributed by atoms with Crippen molar-refractivity contribution in [1.29, 1.82) is 0 Å². The Kier molecular flexibility index (Phi) is 4.42. The molecule has 3 rings (SSSR count). The number of methoxy groups -OCH3 is 1. The van der Waals surface area contributed by atoms with Crippen molar-refractivity contribution in [2.75, 3.05) is 13.7 Å². The molecule has 0 radical (unpaired) electrons. The van der Waals surface area contributed by atoms with E-state index in [1.165, 1.54) is 10.8 Å². The summed E-state index contributed by atoms with van der Waals surface area (Å²) in [6.07, 6.45) is 2.41. The summed E-state index contributed by atoms with van der Waals surface area (Å²) in [6.45, 7) is 3.21. The molecule has 0 bridgehead atoms. The number of hydrogen-bond acceptors (Lipinski definition) is 3. The molecule has 2 aromatic rings. The Bertz CT molecular complexity index is 593. The Labute approximate surface area is 126 Å². The molecule has 0 heterocycles. The van der Waals surface area contributed by atoms with Crippen molar-refractivity contribution in [1.82, 2.24) is 5.32 Å². The van der Waals surface area contributed by atoms with Gasteiger partial charge in [-0.2, -0.15) is 0 Å². The molecule has 1 saturated carbocycles. The molecule has 1 aliphatic carbocycles. The topological polar surface area (TPSA) is 30.5 Å². The van der Waals surface area contributed by atoms with Gasteiger partial charge in [-0.3, -0.25) is 0 Å². The van der Waals surface area contributed by atoms with Crippen LogP contribution in [0.2, 0.25) is 0 Å². The van der Waals surface area contributed by atoms with Crippen molar-refractivity contribution >= 4 is 10.8 Å². The summed E-state index contributed by atoms with van der Waals surface area (Å²) in [7, 11) is 1.77. The molecule has 3 unspecified atom stereocenters. The fourth-order valence-corrected chi connectivity index (χ4v) is 3.00. The Morgan fingerprint density at radius 3 is 2.76 bits per heavy atom. The van der Waals surface area contributed by atoms with Crippen LogP contribution in [0.5, 0.6) is 5.75 Å². The molecule has 112 valence electrons. The van der Waals surface area contributed by atoms with Gasteiger partial charge in [-0.15, -0.1) is 0 Å². The van der Waals surface area contributed by atoms with Crippen LogP contribution in [0.25, 0.3) is 10.8 Å². The number of ether oxygens (including phenoxy) is 2. The smallest absolute Gasteiger partial charge is 0.128 e. The molecule has 0 saturated heterocycles. The van der Waals surface area contributed by atoms with Crippen molar-refractivity contribution in [3.05, 3.63) is 42.5 Å². The van der Waals surface area contributed by atoms with E-state index in [1.807, 2.05) is 12.1 Å². The maximum atomic E-state index is 6.21. The van der Waals surface area contributed by atoms with Crippen LogP contribution in [-0.2, 0) is 4.74 Å². The quantitative estimate of drug-likeness (QED) is 0.882. The van der Waals surface area contributed by atoms with E-state index in [0.29, 0.717) is 6.04 Å². The first kappa shape index (κ1) is 14.4. The molecule has 2 aromatic carbocycles. The third kappa shape index (κ3) is 2.89. The van der Waals surface area contributed by atoms with E-state index in [-0.39, 0.29) is 12.2 Å². The van der Waals surface area contributed by atoms with Crippen molar-refractivity contribution in [3.63, 3.8) is 0 Å². The second kappa shape index (κ2) is 6.46. The second-order valence-corrected chi connectivity index (χ2v) is 5.63. The molecule has 1 aliphatic rings. The van der Waals surface area contributed by atoms with Crippen LogP contribution < -0.4 is 10.1 Å². The lowest BCUT2D eigenvalue weighted by atomic mass is 9.85. The van der Waals surface area contributed by atoms with Gasteiger partial charge in [0.25, 0.3) is 0 Å². The van der Waals surface area contributed by atoms with E-state index in [1.54, 1.807) is 7.11 Å². The lowest BCUT2D eigenvalue weighted by molar-refractivity contribution is -0.0882. The first-order valence-corrected chi connectivity index (χ1v) is 7.74. The Balaban J connectivity index is 1.71. The molecule has 1 N–H and O–H groups in total. The van der Waals surface area contributed by atoms with Gasteiger partial charge in [0.2, 0.25) is 0 Å². The zero-order valence-electron chi connectivity index (χ0n) is 12.7. The Morgan fingerprint density at radius 1 is 1.14 bits per heavy atom. The summed E-state index contributed by atoms with van der Waals surface area (Å²) in [6, 6.07) is 14.9. The molecular weight excluding hydrogens is 262 g/mol. The zero-order chi connectivity index (χ0) is 14.7. The summed E-state index contributed by atoms with van der Waals surface area (Å²) in [4.78, 5) is 0. The van der Waals surface area contributed by atoms with E-state index in [2.05, 4.69) is 42.6 Å². The van der Waals surface area contributed by atoms with E-state index in [0.717, 1.165) is 25.1 Å². The number of fused-ring (bicyclic) bond motifs is 1. The molecule has 0 aromatic heterocycles. The van der Waals surface area contributed by atoms with E-state index in [9.17, 15) is 0 Å². The van der Waals surface area contributed by atoms with Gasteiger partial charge in [0, 0.05) is 25.0 Å². The van der Waals surface area contributed by atoms with Crippen LogP contribution >= 0.6 is 0 Å². The first-order chi connectivity index (χ1) is 10.3.